The van der Waals surface area contributed by atoms with Gasteiger partial charge in [-0.3, -0.25) is 0 Å². The Morgan fingerprint density at radius 2 is 2.37 bits per heavy atom. The zero-order valence-electron chi connectivity index (χ0n) is 11.1. The van der Waals surface area contributed by atoms with Gasteiger partial charge in [-0.25, -0.2) is 0 Å². The van der Waals surface area contributed by atoms with E-state index in [0.29, 0.717) is 13.2 Å². The second-order valence-electron chi connectivity index (χ2n) is 4.31. The first-order chi connectivity index (χ1) is 9.33. The summed E-state index contributed by atoms with van der Waals surface area (Å²) in [6.07, 6.45) is 2.36. The molecule has 2 N–H and O–H groups in total. The van der Waals surface area contributed by atoms with Crippen LogP contribution in [-0.2, 0) is 4.74 Å². The topological polar surface area (TPSA) is 53.7 Å². The van der Waals surface area contributed by atoms with Crippen molar-refractivity contribution in [3.63, 3.8) is 0 Å². The molecule has 0 aliphatic carbocycles. The fraction of sp³-hybridized carbons (Fsp3) is 0.467. The number of hydrogen-bond donors (Lipinski definition) is 1. The van der Waals surface area contributed by atoms with Crippen molar-refractivity contribution in [2.24, 2.45) is 5.73 Å². The highest BCUT2D eigenvalue weighted by molar-refractivity contribution is 5.50. The van der Waals surface area contributed by atoms with E-state index in [1.165, 1.54) is 0 Å². The maximum atomic E-state index is 5.79. The van der Waals surface area contributed by atoms with Crippen LogP contribution >= 0.6 is 0 Å². The van der Waals surface area contributed by atoms with Gasteiger partial charge < -0.3 is 19.9 Å². The fourth-order valence-corrected chi connectivity index (χ4v) is 1.96. The molecule has 1 saturated heterocycles. The number of benzene rings is 1. The van der Waals surface area contributed by atoms with E-state index >= 15 is 0 Å². The molecule has 0 spiro atoms. The fourth-order valence-electron chi connectivity index (χ4n) is 1.96. The third kappa shape index (κ3) is 3.88. The molecule has 1 aliphatic heterocycles. The van der Waals surface area contributed by atoms with Crippen molar-refractivity contribution in [1.29, 1.82) is 0 Å². The Hall–Kier alpha value is -1.70. The molecule has 0 bridgehead atoms. The summed E-state index contributed by atoms with van der Waals surface area (Å²) in [4.78, 5) is 0. The molecule has 1 aliphatic rings. The molecular weight excluding hydrogens is 242 g/mol. The van der Waals surface area contributed by atoms with Gasteiger partial charge in [0.25, 0.3) is 0 Å². The number of nitrogens with two attached hydrogens (primary N) is 1. The Kier molecular flexibility index (Phi) is 5.08. The molecule has 1 atom stereocenters. The van der Waals surface area contributed by atoms with E-state index in [4.69, 9.17) is 19.9 Å². The van der Waals surface area contributed by atoms with Crippen molar-refractivity contribution >= 4 is 0 Å². The van der Waals surface area contributed by atoms with Gasteiger partial charge in [0.2, 0.25) is 0 Å². The molecular formula is C15H19NO3. The van der Waals surface area contributed by atoms with Crippen molar-refractivity contribution in [2.75, 3.05) is 26.9 Å². The lowest BCUT2D eigenvalue weighted by atomic mass is 10.2. The molecule has 2 rings (SSSR count). The lowest BCUT2D eigenvalue weighted by Crippen LogP contribution is -2.16. The predicted octanol–water partition coefficient (Wildman–Crippen LogP) is 1.56. The molecule has 1 aromatic carbocycles. The van der Waals surface area contributed by atoms with E-state index in [1.54, 1.807) is 7.11 Å². The van der Waals surface area contributed by atoms with Gasteiger partial charge in [0.15, 0.2) is 0 Å². The highest BCUT2D eigenvalue weighted by Gasteiger charge is 2.16. The minimum Gasteiger partial charge on any atom is -0.497 e. The SMILES string of the molecule is COc1ccc(OCC2CCCO2)c(C#CCN)c1. The van der Waals surface area contributed by atoms with E-state index in [1.807, 2.05) is 18.2 Å². The average molecular weight is 261 g/mol. The van der Waals surface area contributed by atoms with Crippen LogP contribution in [0, 0.1) is 11.8 Å². The van der Waals surface area contributed by atoms with Gasteiger partial charge in [0.1, 0.15) is 18.1 Å². The van der Waals surface area contributed by atoms with Gasteiger partial charge in [0.05, 0.1) is 25.3 Å². The monoisotopic (exact) mass is 261 g/mol. The van der Waals surface area contributed by atoms with E-state index in [-0.39, 0.29) is 6.10 Å². The summed E-state index contributed by atoms with van der Waals surface area (Å²) in [5.41, 5.74) is 6.20. The molecule has 102 valence electrons. The van der Waals surface area contributed by atoms with Crippen LogP contribution in [0.15, 0.2) is 18.2 Å². The van der Waals surface area contributed by atoms with E-state index in [0.717, 1.165) is 36.5 Å². The van der Waals surface area contributed by atoms with Crippen LogP contribution in [0.3, 0.4) is 0 Å². The number of methoxy groups -OCH3 is 1. The minimum atomic E-state index is 0.192. The van der Waals surface area contributed by atoms with Crippen LogP contribution in [-0.4, -0.2) is 33.0 Å². The third-order valence-electron chi connectivity index (χ3n) is 2.96. The van der Waals surface area contributed by atoms with Crippen LogP contribution in [0.2, 0.25) is 0 Å². The van der Waals surface area contributed by atoms with Crippen molar-refractivity contribution in [2.45, 2.75) is 18.9 Å². The van der Waals surface area contributed by atoms with Gasteiger partial charge in [-0.05, 0) is 31.0 Å². The third-order valence-corrected chi connectivity index (χ3v) is 2.96. The predicted molar refractivity (Wildman–Crippen MR) is 73.4 cm³/mol. The molecule has 0 amide bonds. The summed E-state index contributed by atoms with van der Waals surface area (Å²) in [7, 11) is 1.63. The van der Waals surface area contributed by atoms with Gasteiger partial charge in [-0.15, -0.1) is 0 Å². The van der Waals surface area contributed by atoms with Crippen molar-refractivity contribution in [1.82, 2.24) is 0 Å². The lowest BCUT2D eigenvalue weighted by molar-refractivity contribution is 0.0678. The standard InChI is InChI=1S/C15H19NO3/c1-17-13-6-7-15(12(10-13)4-2-8-16)19-11-14-5-3-9-18-14/h6-7,10,14H,3,5,8-9,11,16H2,1H3. The minimum absolute atomic E-state index is 0.192. The Labute approximate surface area is 113 Å². The first-order valence-corrected chi connectivity index (χ1v) is 6.45. The molecule has 0 aromatic heterocycles. The summed E-state index contributed by atoms with van der Waals surface area (Å²) in [5.74, 6) is 7.34. The molecule has 1 heterocycles. The smallest absolute Gasteiger partial charge is 0.135 e. The molecule has 0 radical (unpaired) electrons. The van der Waals surface area contributed by atoms with Crippen molar-refractivity contribution in [3.05, 3.63) is 23.8 Å². The van der Waals surface area contributed by atoms with Crippen LogP contribution < -0.4 is 15.2 Å². The first-order valence-electron chi connectivity index (χ1n) is 6.45. The molecule has 4 nitrogen and oxygen atoms in total. The molecule has 1 fully saturated rings. The van der Waals surface area contributed by atoms with E-state index < -0.39 is 0 Å². The Balaban J connectivity index is 2.08. The molecule has 1 unspecified atom stereocenters. The second-order valence-corrected chi connectivity index (χ2v) is 4.31. The van der Waals surface area contributed by atoms with Gasteiger partial charge in [0, 0.05) is 6.61 Å². The first kappa shape index (κ1) is 13.7. The summed E-state index contributed by atoms with van der Waals surface area (Å²) in [6.45, 7) is 1.71. The van der Waals surface area contributed by atoms with Crippen molar-refractivity contribution < 1.29 is 14.2 Å². The quantitative estimate of drug-likeness (QED) is 0.836. The molecule has 1 aromatic rings. The van der Waals surface area contributed by atoms with Crippen LogP contribution in [0.4, 0.5) is 0 Å². The van der Waals surface area contributed by atoms with Gasteiger partial charge in [-0.2, -0.15) is 0 Å². The highest BCUT2D eigenvalue weighted by atomic mass is 16.5. The largest absolute Gasteiger partial charge is 0.497 e. The van der Waals surface area contributed by atoms with Crippen LogP contribution in [0.1, 0.15) is 18.4 Å². The summed E-state index contributed by atoms with van der Waals surface area (Å²) < 4.78 is 16.5. The maximum absolute atomic E-state index is 5.79. The van der Waals surface area contributed by atoms with Gasteiger partial charge >= 0.3 is 0 Å². The van der Waals surface area contributed by atoms with Gasteiger partial charge in [-0.1, -0.05) is 11.8 Å². The summed E-state index contributed by atoms with van der Waals surface area (Å²) >= 11 is 0. The second kappa shape index (κ2) is 7.03. The summed E-state index contributed by atoms with van der Waals surface area (Å²) in [6, 6.07) is 5.58. The zero-order chi connectivity index (χ0) is 13.5. The lowest BCUT2D eigenvalue weighted by Gasteiger charge is -2.13. The average Bonchev–Trinajstić information content (AvgIpc) is 2.96. The summed E-state index contributed by atoms with van der Waals surface area (Å²) in [5, 5.41) is 0. The highest BCUT2D eigenvalue weighted by Crippen LogP contribution is 2.24. The van der Waals surface area contributed by atoms with Crippen LogP contribution in [0.25, 0.3) is 0 Å². The van der Waals surface area contributed by atoms with Crippen molar-refractivity contribution in [3.8, 4) is 23.3 Å². The molecule has 0 saturated carbocycles. The molecule has 4 heteroatoms. The molecule has 19 heavy (non-hydrogen) atoms. The van der Waals surface area contributed by atoms with Crippen LogP contribution in [0.5, 0.6) is 11.5 Å². The number of hydrogen-bond acceptors (Lipinski definition) is 4. The Bertz CT molecular complexity index is 470. The zero-order valence-corrected chi connectivity index (χ0v) is 11.1. The van der Waals surface area contributed by atoms with E-state index in [2.05, 4.69) is 11.8 Å². The number of rotatable bonds is 4. The normalized spacial score (nSPS) is 17.7. The number of ether oxygens (including phenoxy) is 3. The van der Waals surface area contributed by atoms with E-state index in [9.17, 15) is 0 Å². The maximum Gasteiger partial charge on any atom is 0.135 e. The Morgan fingerprint density at radius 1 is 1.47 bits per heavy atom. The Morgan fingerprint density at radius 3 is 3.05 bits per heavy atom.